The molecule has 0 aromatic carbocycles. The Morgan fingerprint density at radius 1 is 1.15 bits per heavy atom. The van der Waals surface area contributed by atoms with Crippen molar-refractivity contribution in [3.63, 3.8) is 0 Å². The van der Waals surface area contributed by atoms with Crippen LogP contribution in [0.4, 0.5) is 0 Å². The fraction of sp³-hybridized carbons (Fsp3) is 0.571. The summed E-state index contributed by atoms with van der Waals surface area (Å²) in [6, 6.07) is 0. The normalized spacial score (nSPS) is 9.46. The number of esters is 2. The minimum atomic E-state index is -1.38. The number of carboxylic acids is 1. The van der Waals surface area contributed by atoms with E-state index < -0.39 is 30.2 Å². The highest BCUT2D eigenvalue weighted by Gasteiger charge is 2.30. The maximum absolute atomic E-state index is 10.9. The average Bonchev–Trinajstić information content (AvgIpc) is 2.11. The van der Waals surface area contributed by atoms with E-state index in [1.54, 1.807) is 0 Å². The van der Waals surface area contributed by atoms with Crippen molar-refractivity contribution < 1.29 is 29.0 Å². The third-order valence-corrected chi connectivity index (χ3v) is 1.35. The van der Waals surface area contributed by atoms with E-state index in [-0.39, 0.29) is 0 Å². The Morgan fingerprint density at radius 3 is 1.77 bits per heavy atom. The van der Waals surface area contributed by atoms with Crippen molar-refractivity contribution >= 4 is 17.9 Å². The number of ether oxygens (including phenoxy) is 2. The molecule has 0 heterocycles. The molecule has 0 amide bonds. The number of carbonyl (C=O) groups excluding carboxylic acids is 2. The fourth-order valence-electron chi connectivity index (χ4n) is 0.722. The van der Waals surface area contributed by atoms with Gasteiger partial charge in [0.25, 0.3) is 0 Å². The average molecular weight is 190 g/mol. The van der Waals surface area contributed by atoms with Gasteiger partial charge in [-0.15, -0.1) is 0 Å². The van der Waals surface area contributed by atoms with Crippen LogP contribution in [0.25, 0.3) is 0 Å². The van der Waals surface area contributed by atoms with Crippen molar-refractivity contribution in [1.82, 2.24) is 0 Å². The van der Waals surface area contributed by atoms with Gasteiger partial charge in [-0.1, -0.05) is 0 Å². The van der Waals surface area contributed by atoms with Crippen molar-refractivity contribution in [2.75, 3.05) is 14.2 Å². The van der Waals surface area contributed by atoms with Crippen LogP contribution < -0.4 is 0 Å². The van der Waals surface area contributed by atoms with Crippen molar-refractivity contribution in [1.29, 1.82) is 0 Å². The highest BCUT2D eigenvalue weighted by Crippen LogP contribution is 2.07. The number of hydrogen-bond acceptors (Lipinski definition) is 5. The summed E-state index contributed by atoms with van der Waals surface area (Å²) in [6.45, 7) is 0. The summed E-state index contributed by atoms with van der Waals surface area (Å²) in [5.74, 6) is -4.46. The number of aliphatic carboxylic acids is 1. The Balaban J connectivity index is 4.45. The quantitative estimate of drug-likeness (QED) is 0.471. The van der Waals surface area contributed by atoms with Crippen LogP contribution in [-0.4, -0.2) is 37.2 Å². The summed E-state index contributed by atoms with van der Waals surface area (Å²) in [7, 11) is 2.14. The van der Waals surface area contributed by atoms with Crippen LogP contribution in [0.5, 0.6) is 0 Å². The second kappa shape index (κ2) is 5.13. The van der Waals surface area contributed by atoms with E-state index in [9.17, 15) is 14.4 Å². The molecule has 0 bridgehead atoms. The van der Waals surface area contributed by atoms with Gasteiger partial charge in [-0.05, 0) is 0 Å². The van der Waals surface area contributed by atoms with E-state index >= 15 is 0 Å². The number of rotatable bonds is 4. The lowest BCUT2D eigenvalue weighted by Gasteiger charge is -2.08. The van der Waals surface area contributed by atoms with E-state index in [0.717, 1.165) is 14.2 Å². The predicted octanol–water partition coefficient (Wildman–Crippen LogP) is -0.577. The molecule has 0 aromatic heterocycles. The summed E-state index contributed by atoms with van der Waals surface area (Å²) >= 11 is 0. The summed E-state index contributed by atoms with van der Waals surface area (Å²) in [4.78, 5) is 32.0. The highest BCUT2D eigenvalue weighted by molar-refractivity contribution is 5.97. The maximum Gasteiger partial charge on any atom is 0.320 e. The smallest absolute Gasteiger partial charge is 0.320 e. The van der Waals surface area contributed by atoms with Gasteiger partial charge in [0.15, 0.2) is 5.92 Å². The van der Waals surface area contributed by atoms with E-state index in [0.29, 0.717) is 0 Å². The van der Waals surface area contributed by atoms with Crippen molar-refractivity contribution in [2.24, 2.45) is 5.92 Å². The third kappa shape index (κ3) is 3.55. The first kappa shape index (κ1) is 11.4. The Labute approximate surface area is 74.4 Å². The molecule has 0 saturated carbocycles. The number of hydrogen-bond donors (Lipinski definition) is 1. The predicted molar refractivity (Wildman–Crippen MR) is 39.8 cm³/mol. The molecule has 0 spiro atoms. The molecule has 74 valence electrons. The van der Waals surface area contributed by atoms with Crippen LogP contribution in [0.15, 0.2) is 0 Å². The van der Waals surface area contributed by atoms with E-state index in [1.807, 2.05) is 0 Å². The minimum Gasteiger partial charge on any atom is -0.481 e. The Morgan fingerprint density at radius 2 is 1.54 bits per heavy atom. The van der Waals surface area contributed by atoms with Crippen LogP contribution in [0.1, 0.15) is 6.42 Å². The van der Waals surface area contributed by atoms with Crippen LogP contribution >= 0.6 is 0 Å². The first-order valence-corrected chi connectivity index (χ1v) is 3.40. The lowest BCUT2D eigenvalue weighted by atomic mass is 10.1. The van der Waals surface area contributed by atoms with Crippen molar-refractivity contribution in [2.45, 2.75) is 6.42 Å². The van der Waals surface area contributed by atoms with Gasteiger partial charge >= 0.3 is 17.9 Å². The zero-order valence-corrected chi connectivity index (χ0v) is 7.27. The van der Waals surface area contributed by atoms with Crippen LogP contribution in [0, 0.1) is 5.92 Å². The molecule has 0 fully saturated rings. The number of methoxy groups -OCH3 is 2. The largest absolute Gasteiger partial charge is 0.481 e. The molecule has 0 rings (SSSR count). The lowest BCUT2D eigenvalue weighted by molar-refractivity contribution is -0.162. The zero-order valence-electron chi connectivity index (χ0n) is 7.27. The zero-order chi connectivity index (χ0) is 10.4. The van der Waals surface area contributed by atoms with Gasteiger partial charge in [-0.25, -0.2) is 0 Å². The summed E-state index contributed by atoms with van der Waals surface area (Å²) < 4.78 is 8.47. The van der Waals surface area contributed by atoms with Gasteiger partial charge in [0.2, 0.25) is 0 Å². The minimum absolute atomic E-state index is 0.626. The summed E-state index contributed by atoms with van der Waals surface area (Å²) in [5, 5.41) is 8.36. The summed E-state index contributed by atoms with van der Waals surface area (Å²) in [5.41, 5.74) is 0. The number of carbonyl (C=O) groups is 3. The number of carboxylic acid groups (broad SMARTS) is 1. The van der Waals surface area contributed by atoms with E-state index in [2.05, 4.69) is 9.47 Å². The third-order valence-electron chi connectivity index (χ3n) is 1.35. The monoisotopic (exact) mass is 190 g/mol. The van der Waals surface area contributed by atoms with Gasteiger partial charge in [0.05, 0.1) is 20.6 Å². The molecule has 1 N–H and O–H groups in total. The Hall–Kier alpha value is -1.59. The molecule has 0 saturated heterocycles. The molecule has 0 unspecified atom stereocenters. The van der Waals surface area contributed by atoms with E-state index in [1.165, 1.54) is 0 Å². The van der Waals surface area contributed by atoms with Gasteiger partial charge in [-0.3, -0.25) is 14.4 Å². The molecule has 0 atom stereocenters. The van der Waals surface area contributed by atoms with Gasteiger partial charge in [0, 0.05) is 0 Å². The highest BCUT2D eigenvalue weighted by atomic mass is 16.5. The van der Waals surface area contributed by atoms with Crippen LogP contribution in [0.3, 0.4) is 0 Å². The van der Waals surface area contributed by atoms with Crippen molar-refractivity contribution in [3.8, 4) is 0 Å². The van der Waals surface area contributed by atoms with Crippen LogP contribution in [0.2, 0.25) is 0 Å². The van der Waals surface area contributed by atoms with Crippen molar-refractivity contribution in [3.05, 3.63) is 0 Å². The molecule has 0 aromatic rings. The molecule has 0 radical (unpaired) electrons. The molecule has 6 nitrogen and oxygen atoms in total. The second-order valence-electron chi connectivity index (χ2n) is 2.20. The first-order valence-electron chi connectivity index (χ1n) is 3.40. The molecule has 0 aliphatic rings. The molecule has 0 aliphatic carbocycles. The molecular formula is C7H10O6. The topological polar surface area (TPSA) is 89.9 Å². The van der Waals surface area contributed by atoms with E-state index in [4.69, 9.17) is 5.11 Å². The first-order chi connectivity index (χ1) is 6.02. The fourth-order valence-corrected chi connectivity index (χ4v) is 0.722. The molecule has 6 heteroatoms. The SMILES string of the molecule is COC(=O)C(CC(=O)O)C(=O)OC. The Bertz CT molecular complexity index is 205. The lowest BCUT2D eigenvalue weighted by Crippen LogP contribution is -2.28. The second-order valence-corrected chi connectivity index (χ2v) is 2.20. The van der Waals surface area contributed by atoms with Gasteiger partial charge in [0.1, 0.15) is 0 Å². The maximum atomic E-state index is 10.9. The standard InChI is InChI=1S/C7H10O6/c1-12-6(10)4(3-5(8)9)7(11)13-2/h4H,3H2,1-2H3,(H,8,9). The van der Waals surface area contributed by atoms with Gasteiger partial charge < -0.3 is 14.6 Å². The molecule has 0 aliphatic heterocycles. The molecule has 13 heavy (non-hydrogen) atoms. The van der Waals surface area contributed by atoms with Crippen LogP contribution in [-0.2, 0) is 23.9 Å². The Kier molecular flexibility index (Phi) is 4.50. The summed E-state index contributed by atoms with van der Waals surface area (Å²) in [6.07, 6.45) is -0.626. The molecular weight excluding hydrogens is 180 g/mol. The van der Waals surface area contributed by atoms with Gasteiger partial charge in [-0.2, -0.15) is 0 Å².